The Morgan fingerprint density at radius 3 is 2.88 bits per heavy atom. The lowest BCUT2D eigenvalue weighted by Gasteiger charge is -2.04. The van der Waals surface area contributed by atoms with Gasteiger partial charge in [-0.3, -0.25) is 0 Å². The third-order valence-electron chi connectivity index (χ3n) is 2.35. The van der Waals surface area contributed by atoms with Gasteiger partial charge in [0.2, 0.25) is 0 Å². The highest BCUT2D eigenvalue weighted by atomic mass is 79.9. The van der Waals surface area contributed by atoms with Gasteiger partial charge in [-0.1, -0.05) is 28.1 Å². The molecule has 2 rings (SSSR count). The molecule has 0 saturated heterocycles. The maximum atomic E-state index is 11.3. The van der Waals surface area contributed by atoms with Crippen molar-refractivity contribution in [3.8, 4) is 0 Å². The molecule has 1 aromatic heterocycles. The van der Waals surface area contributed by atoms with Crippen molar-refractivity contribution in [2.45, 2.75) is 11.9 Å². The van der Waals surface area contributed by atoms with E-state index in [-0.39, 0.29) is 5.63 Å². The van der Waals surface area contributed by atoms with Gasteiger partial charge in [-0.25, -0.2) is 4.79 Å². The molecule has 3 nitrogen and oxygen atoms in total. The molecule has 0 bridgehead atoms. The summed E-state index contributed by atoms with van der Waals surface area (Å²) < 4.78 is 10.2. The number of hydrogen-bond acceptors (Lipinski definition) is 3. The molecule has 0 unspecified atom stereocenters. The van der Waals surface area contributed by atoms with E-state index in [0.29, 0.717) is 17.5 Å². The zero-order valence-electron chi connectivity index (χ0n) is 8.83. The highest BCUT2D eigenvalue weighted by molar-refractivity contribution is 9.08. The standard InChI is InChI=1S/C12H11BrO3/c1-15-7-8-2-3-10-9(6-13)5-12(14)16-11(10)4-8/h2-5H,6-7H2,1H3. The SMILES string of the molecule is COCc1ccc2c(CBr)cc(=O)oc2c1. The van der Waals surface area contributed by atoms with Gasteiger partial charge in [0.05, 0.1) is 6.61 Å². The Labute approximate surface area is 101 Å². The average molecular weight is 283 g/mol. The van der Waals surface area contributed by atoms with Crippen molar-refractivity contribution < 1.29 is 9.15 Å². The summed E-state index contributed by atoms with van der Waals surface area (Å²) in [5, 5.41) is 1.59. The number of methoxy groups -OCH3 is 1. The van der Waals surface area contributed by atoms with Gasteiger partial charge >= 0.3 is 5.63 Å². The fraction of sp³-hybridized carbons (Fsp3) is 0.250. The normalized spacial score (nSPS) is 10.9. The fourth-order valence-corrected chi connectivity index (χ4v) is 2.11. The molecule has 0 saturated carbocycles. The molecule has 0 aliphatic rings. The van der Waals surface area contributed by atoms with E-state index in [4.69, 9.17) is 9.15 Å². The Kier molecular flexibility index (Phi) is 3.41. The van der Waals surface area contributed by atoms with Crippen LogP contribution in [0.25, 0.3) is 11.0 Å². The van der Waals surface area contributed by atoms with Crippen LogP contribution in [0, 0.1) is 0 Å². The zero-order valence-corrected chi connectivity index (χ0v) is 10.4. The fourth-order valence-electron chi connectivity index (χ4n) is 1.64. The quantitative estimate of drug-likeness (QED) is 0.642. The number of halogens is 1. The van der Waals surface area contributed by atoms with Crippen molar-refractivity contribution in [2.75, 3.05) is 7.11 Å². The zero-order chi connectivity index (χ0) is 11.5. The van der Waals surface area contributed by atoms with E-state index in [2.05, 4.69) is 15.9 Å². The maximum Gasteiger partial charge on any atom is 0.336 e. The first kappa shape index (κ1) is 11.4. The number of fused-ring (bicyclic) bond motifs is 1. The van der Waals surface area contributed by atoms with Crippen LogP contribution in [0.5, 0.6) is 0 Å². The van der Waals surface area contributed by atoms with Crippen LogP contribution in [0.2, 0.25) is 0 Å². The van der Waals surface area contributed by atoms with Crippen LogP contribution >= 0.6 is 15.9 Å². The summed E-state index contributed by atoms with van der Waals surface area (Å²) in [4.78, 5) is 11.3. The smallest absolute Gasteiger partial charge is 0.336 e. The first-order valence-corrected chi connectivity index (χ1v) is 5.97. The van der Waals surface area contributed by atoms with Crippen molar-refractivity contribution in [3.05, 3.63) is 45.8 Å². The predicted molar refractivity (Wildman–Crippen MR) is 65.8 cm³/mol. The molecule has 0 aliphatic carbocycles. The summed E-state index contributed by atoms with van der Waals surface area (Å²) in [6.07, 6.45) is 0. The van der Waals surface area contributed by atoms with E-state index in [1.807, 2.05) is 18.2 Å². The van der Waals surface area contributed by atoms with Gasteiger partial charge in [-0.2, -0.15) is 0 Å². The van der Waals surface area contributed by atoms with Crippen LogP contribution in [-0.2, 0) is 16.7 Å². The summed E-state index contributed by atoms with van der Waals surface area (Å²) in [6, 6.07) is 7.26. The van der Waals surface area contributed by atoms with Gasteiger partial charge in [-0.15, -0.1) is 0 Å². The predicted octanol–water partition coefficient (Wildman–Crippen LogP) is 2.83. The van der Waals surface area contributed by atoms with Crippen LogP contribution < -0.4 is 5.63 Å². The number of hydrogen-bond donors (Lipinski definition) is 0. The van der Waals surface area contributed by atoms with Crippen LogP contribution in [0.1, 0.15) is 11.1 Å². The van der Waals surface area contributed by atoms with E-state index < -0.39 is 0 Å². The molecule has 0 spiro atoms. The molecule has 0 fully saturated rings. The molecule has 2 aromatic rings. The second-order valence-corrected chi connectivity index (χ2v) is 4.05. The minimum absolute atomic E-state index is 0.323. The van der Waals surface area contributed by atoms with Gasteiger partial charge in [0.15, 0.2) is 0 Å². The van der Waals surface area contributed by atoms with Crippen molar-refractivity contribution in [2.24, 2.45) is 0 Å². The van der Waals surface area contributed by atoms with Crippen LogP contribution in [0.4, 0.5) is 0 Å². The molecule has 0 aliphatic heterocycles. The third kappa shape index (κ3) is 2.18. The summed E-state index contributed by atoms with van der Waals surface area (Å²) in [5.74, 6) is 0. The van der Waals surface area contributed by atoms with Gasteiger partial charge in [0.1, 0.15) is 5.58 Å². The lowest BCUT2D eigenvalue weighted by atomic mass is 10.1. The number of alkyl halides is 1. The Hall–Kier alpha value is -1.13. The lowest BCUT2D eigenvalue weighted by molar-refractivity contribution is 0.185. The Morgan fingerprint density at radius 1 is 1.38 bits per heavy atom. The van der Waals surface area contributed by atoms with E-state index in [1.54, 1.807) is 7.11 Å². The maximum absolute atomic E-state index is 11.3. The Bertz CT molecular complexity index is 560. The van der Waals surface area contributed by atoms with Crippen LogP contribution in [-0.4, -0.2) is 7.11 Å². The van der Waals surface area contributed by atoms with Crippen molar-refractivity contribution >= 4 is 26.9 Å². The largest absolute Gasteiger partial charge is 0.423 e. The average Bonchev–Trinajstić information content (AvgIpc) is 2.27. The number of rotatable bonds is 3. The van der Waals surface area contributed by atoms with Gasteiger partial charge in [-0.05, 0) is 17.2 Å². The van der Waals surface area contributed by atoms with Crippen molar-refractivity contribution in [1.29, 1.82) is 0 Å². The van der Waals surface area contributed by atoms with Crippen molar-refractivity contribution in [1.82, 2.24) is 0 Å². The highest BCUT2D eigenvalue weighted by Crippen LogP contribution is 2.20. The van der Waals surface area contributed by atoms with Gasteiger partial charge in [0, 0.05) is 23.9 Å². The first-order valence-electron chi connectivity index (χ1n) is 4.85. The topological polar surface area (TPSA) is 39.4 Å². The lowest BCUT2D eigenvalue weighted by Crippen LogP contribution is -1.99. The molecule has 84 valence electrons. The summed E-state index contributed by atoms with van der Waals surface area (Å²) in [5.41, 5.74) is 2.22. The molecule has 0 N–H and O–H groups in total. The second kappa shape index (κ2) is 4.80. The molecular formula is C12H11BrO3. The van der Waals surface area contributed by atoms with Crippen molar-refractivity contribution in [3.63, 3.8) is 0 Å². The van der Waals surface area contributed by atoms with Crippen LogP contribution in [0.15, 0.2) is 33.5 Å². The van der Waals surface area contributed by atoms with E-state index in [1.165, 1.54) is 6.07 Å². The highest BCUT2D eigenvalue weighted by Gasteiger charge is 2.05. The molecule has 1 heterocycles. The Morgan fingerprint density at radius 2 is 2.19 bits per heavy atom. The molecule has 4 heteroatoms. The number of benzene rings is 1. The summed E-state index contributed by atoms with van der Waals surface area (Å²) in [7, 11) is 1.63. The van der Waals surface area contributed by atoms with Gasteiger partial charge in [0.25, 0.3) is 0 Å². The van der Waals surface area contributed by atoms with Crippen LogP contribution in [0.3, 0.4) is 0 Å². The Balaban J connectivity index is 2.64. The minimum Gasteiger partial charge on any atom is -0.423 e. The summed E-state index contributed by atoms with van der Waals surface area (Å²) in [6.45, 7) is 0.512. The van der Waals surface area contributed by atoms with E-state index in [9.17, 15) is 4.79 Å². The minimum atomic E-state index is -0.323. The van der Waals surface area contributed by atoms with E-state index in [0.717, 1.165) is 16.5 Å². The monoisotopic (exact) mass is 282 g/mol. The molecule has 0 amide bonds. The summed E-state index contributed by atoms with van der Waals surface area (Å²) >= 11 is 3.36. The van der Waals surface area contributed by atoms with E-state index >= 15 is 0 Å². The molecule has 0 atom stereocenters. The molecule has 0 radical (unpaired) electrons. The molecule has 16 heavy (non-hydrogen) atoms. The molecular weight excluding hydrogens is 272 g/mol. The third-order valence-corrected chi connectivity index (χ3v) is 2.95. The first-order chi connectivity index (χ1) is 7.74. The molecule has 1 aromatic carbocycles. The second-order valence-electron chi connectivity index (χ2n) is 3.49. The number of ether oxygens (including phenoxy) is 1. The van der Waals surface area contributed by atoms with Gasteiger partial charge < -0.3 is 9.15 Å².